The summed E-state index contributed by atoms with van der Waals surface area (Å²) in [6.45, 7) is 11.3. The first kappa shape index (κ1) is 28.1. The molecule has 0 aliphatic heterocycles. The number of esters is 2. The maximum Gasteiger partial charge on any atom is 0.349 e. The van der Waals surface area contributed by atoms with Gasteiger partial charge >= 0.3 is 11.9 Å². The molecule has 0 heterocycles. The van der Waals surface area contributed by atoms with E-state index in [4.69, 9.17) is 32.2 Å². The summed E-state index contributed by atoms with van der Waals surface area (Å²) in [7, 11) is 0. The minimum Gasteiger partial charge on any atom is -0.458 e. The average Bonchev–Trinajstić information content (AvgIpc) is 2.71. The van der Waals surface area contributed by atoms with Gasteiger partial charge in [-0.05, 0) is 64.8 Å². The molecule has 0 spiro atoms. The average molecular weight is 503 g/mol. The Hall–Kier alpha value is -3.10. The number of nitrogens with one attached hydrogen (secondary N) is 3. The van der Waals surface area contributed by atoms with E-state index in [2.05, 4.69) is 10.6 Å². The molecule has 2 rings (SSSR count). The van der Waals surface area contributed by atoms with Crippen LogP contribution >= 0.6 is 11.6 Å². The van der Waals surface area contributed by atoms with E-state index in [0.717, 1.165) is 11.1 Å². The lowest BCUT2D eigenvalue weighted by Crippen LogP contribution is -2.61. The Kier molecular flexibility index (Phi) is 8.92. The summed E-state index contributed by atoms with van der Waals surface area (Å²) in [6.07, 6.45) is 0. The summed E-state index contributed by atoms with van der Waals surface area (Å²) < 4.78 is 11.1. The van der Waals surface area contributed by atoms with Gasteiger partial charge in [0.05, 0.1) is 0 Å². The van der Waals surface area contributed by atoms with E-state index in [9.17, 15) is 9.59 Å². The maximum atomic E-state index is 13.4. The number of carbonyl (C=O) groups is 2. The molecule has 0 radical (unpaired) electrons. The molecular formula is C26H35ClN4O4. The highest BCUT2D eigenvalue weighted by atomic mass is 35.5. The zero-order chi connectivity index (χ0) is 26.4. The van der Waals surface area contributed by atoms with Gasteiger partial charge in [0.15, 0.2) is 5.96 Å². The topological polar surface area (TPSA) is 127 Å². The van der Waals surface area contributed by atoms with Crippen LogP contribution in [0, 0.1) is 5.41 Å². The molecule has 190 valence electrons. The molecule has 2 aromatic carbocycles. The second-order valence-electron chi connectivity index (χ2n) is 10.2. The summed E-state index contributed by atoms with van der Waals surface area (Å²) in [5.41, 5.74) is 3.94. The molecule has 0 amide bonds. The van der Waals surface area contributed by atoms with Crippen LogP contribution in [0.2, 0.25) is 5.02 Å². The van der Waals surface area contributed by atoms with Crippen LogP contribution in [0.15, 0.2) is 48.5 Å². The molecule has 0 unspecified atom stereocenters. The highest BCUT2D eigenvalue weighted by molar-refractivity contribution is 6.30. The smallest absolute Gasteiger partial charge is 0.349 e. The summed E-state index contributed by atoms with van der Waals surface area (Å²) in [6, 6.07) is 14.4. The normalized spacial score (nSPS) is 12.1. The van der Waals surface area contributed by atoms with E-state index in [1.807, 2.05) is 24.3 Å². The van der Waals surface area contributed by atoms with Crippen molar-refractivity contribution >= 4 is 29.5 Å². The predicted molar refractivity (Wildman–Crippen MR) is 137 cm³/mol. The quantitative estimate of drug-likeness (QED) is 0.186. The summed E-state index contributed by atoms with van der Waals surface area (Å²) in [5, 5.41) is 14.4. The minimum atomic E-state index is -2.15. The van der Waals surface area contributed by atoms with Crippen molar-refractivity contribution < 1.29 is 19.1 Å². The highest BCUT2D eigenvalue weighted by Gasteiger charge is 2.53. The van der Waals surface area contributed by atoms with Gasteiger partial charge in [0, 0.05) is 23.7 Å². The lowest BCUT2D eigenvalue weighted by Gasteiger charge is -2.35. The van der Waals surface area contributed by atoms with Gasteiger partial charge < -0.3 is 25.8 Å². The van der Waals surface area contributed by atoms with Gasteiger partial charge in [-0.25, -0.2) is 9.59 Å². The van der Waals surface area contributed by atoms with E-state index < -0.39 is 34.6 Å². The van der Waals surface area contributed by atoms with Gasteiger partial charge in [-0.3, -0.25) is 5.41 Å². The number of hydrogen-bond donors (Lipinski definition) is 4. The zero-order valence-electron chi connectivity index (χ0n) is 21.1. The number of carbonyl (C=O) groups excluding carboxylic acids is 2. The second kappa shape index (κ2) is 11.1. The third-order valence-corrected chi connectivity index (χ3v) is 4.94. The summed E-state index contributed by atoms with van der Waals surface area (Å²) >= 11 is 5.93. The number of rotatable bonds is 8. The molecule has 2 aromatic rings. The fourth-order valence-electron chi connectivity index (χ4n) is 3.23. The summed E-state index contributed by atoms with van der Waals surface area (Å²) in [4.78, 5) is 26.8. The molecule has 9 heteroatoms. The van der Waals surface area contributed by atoms with Gasteiger partial charge in [-0.1, -0.05) is 48.0 Å². The van der Waals surface area contributed by atoms with Crippen molar-refractivity contribution in [1.29, 1.82) is 5.41 Å². The van der Waals surface area contributed by atoms with Crippen LogP contribution in [-0.4, -0.2) is 29.1 Å². The number of benzene rings is 2. The van der Waals surface area contributed by atoms with Gasteiger partial charge in [0.2, 0.25) is 0 Å². The van der Waals surface area contributed by atoms with E-state index in [1.54, 1.807) is 65.8 Å². The Morgan fingerprint density at radius 3 is 1.60 bits per heavy atom. The molecule has 35 heavy (non-hydrogen) atoms. The molecule has 8 nitrogen and oxygen atoms in total. The molecule has 0 bridgehead atoms. The third kappa shape index (κ3) is 8.26. The standard InChI is InChI=1S/C26H35ClN4O4/c1-24(2,3)34-21(32)26(31-23(28)29,22(33)35-25(4,5)6)19-11-7-17(8-12-19)15-30-16-18-9-13-20(27)14-10-18/h7-14,30H,15-16H2,1-6H3,(H4,28,29,31). The Labute approximate surface area is 212 Å². The number of ether oxygens (including phenoxy) is 2. The molecule has 5 N–H and O–H groups in total. The van der Waals surface area contributed by atoms with Crippen LogP contribution in [0.4, 0.5) is 0 Å². The molecule has 0 saturated carbocycles. The molecule has 0 fully saturated rings. The van der Waals surface area contributed by atoms with Crippen LogP contribution in [0.5, 0.6) is 0 Å². The number of nitrogens with two attached hydrogens (primary N) is 1. The van der Waals surface area contributed by atoms with E-state index in [1.165, 1.54) is 0 Å². The van der Waals surface area contributed by atoms with Gasteiger partial charge in [-0.2, -0.15) is 0 Å². The van der Waals surface area contributed by atoms with Crippen LogP contribution in [0.1, 0.15) is 58.2 Å². The van der Waals surface area contributed by atoms with E-state index >= 15 is 0 Å². The van der Waals surface area contributed by atoms with Crippen LogP contribution in [0.3, 0.4) is 0 Å². The van der Waals surface area contributed by atoms with Crippen molar-refractivity contribution in [2.75, 3.05) is 0 Å². The predicted octanol–water partition coefficient (Wildman–Crippen LogP) is 3.99. The highest BCUT2D eigenvalue weighted by Crippen LogP contribution is 2.30. The monoisotopic (exact) mass is 502 g/mol. The lowest BCUT2D eigenvalue weighted by atomic mass is 9.88. The van der Waals surface area contributed by atoms with Gasteiger partial charge in [-0.15, -0.1) is 0 Å². The van der Waals surface area contributed by atoms with Crippen LogP contribution < -0.4 is 16.4 Å². The van der Waals surface area contributed by atoms with Gasteiger partial charge in [0.1, 0.15) is 11.2 Å². The van der Waals surface area contributed by atoms with E-state index in [0.29, 0.717) is 18.1 Å². The van der Waals surface area contributed by atoms with E-state index in [-0.39, 0.29) is 5.56 Å². The van der Waals surface area contributed by atoms with Crippen molar-refractivity contribution in [3.8, 4) is 0 Å². The summed E-state index contributed by atoms with van der Waals surface area (Å²) in [5.74, 6) is -2.40. The van der Waals surface area contributed by atoms with Crippen molar-refractivity contribution in [2.45, 2.75) is 71.4 Å². The molecule has 0 atom stereocenters. The largest absolute Gasteiger partial charge is 0.458 e. The molecule has 0 saturated heterocycles. The first-order valence-corrected chi connectivity index (χ1v) is 11.6. The Bertz CT molecular complexity index is 1010. The van der Waals surface area contributed by atoms with Gasteiger partial charge in [0.25, 0.3) is 5.54 Å². The third-order valence-electron chi connectivity index (χ3n) is 4.69. The van der Waals surface area contributed by atoms with Crippen LogP contribution in [0.25, 0.3) is 0 Å². The Balaban J connectivity index is 2.36. The first-order valence-electron chi connectivity index (χ1n) is 11.3. The SMILES string of the molecule is CC(C)(C)OC(=O)C(NC(=N)N)(C(=O)OC(C)(C)C)c1ccc(CNCc2ccc(Cl)cc2)cc1. The minimum absolute atomic E-state index is 0.248. The molecule has 0 aliphatic rings. The van der Waals surface area contributed by atoms with Crippen molar-refractivity contribution in [2.24, 2.45) is 5.73 Å². The lowest BCUT2D eigenvalue weighted by molar-refractivity contribution is -0.179. The number of hydrogen-bond acceptors (Lipinski definition) is 6. The fraction of sp³-hybridized carbons (Fsp3) is 0.423. The molecule has 0 aliphatic carbocycles. The second-order valence-corrected chi connectivity index (χ2v) is 10.7. The maximum absolute atomic E-state index is 13.4. The van der Waals surface area contributed by atoms with Crippen molar-refractivity contribution in [3.63, 3.8) is 0 Å². The van der Waals surface area contributed by atoms with Crippen molar-refractivity contribution in [1.82, 2.24) is 10.6 Å². The number of halogens is 1. The van der Waals surface area contributed by atoms with Crippen molar-refractivity contribution in [3.05, 3.63) is 70.2 Å². The molecular weight excluding hydrogens is 468 g/mol. The molecule has 0 aromatic heterocycles. The Morgan fingerprint density at radius 1 is 0.829 bits per heavy atom. The zero-order valence-corrected chi connectivity index (χ0v) is 21.9. The number of guanidine groups is 1. The first-order chi connectivity index (χ1) is 16.1. The van der Waals surface area contributed by atoms with Crippen LogP contribution in [-0.2, 0) is 37.7 Å². The Morgan fingerprint density at radius 2 is 1.23 bits per heavy atom. The fourth-order valence-corrected chi connectivity index (χ4v) is 3.36.